The Bertz CT molecular complexity index is 1260. The lowest BCUT2D eigenvalue weighted by Crippen LogP contribution is -2.60. The quantitative estimate of drug-likeness (QED) is 0.449. The number of ether oxygens (including phenoxy) is 4. The number of benzene rings is 2. The lowest BCUT2D eigenvalue weighted by atomic mass is 9.78. The van der Waals surface area contributed by atoms with Crippen LogP contribution in [0.25, 0.3) is 0 Å². The van der Waals surface area contributed by atoms with E-state index >= 15 is 0 Å². The fourth-order valence-electron chi connectivity index (χ4n) is 5.27. The number of carbonyl (C=O) groups excluding carboxylic acids is 1. The number of nitriles is 1. The summed E-state index contributed by atoms with van der Waals surface area (Å²) in [5, 5.41) is 12.4. The Morgan fingerprint density at radius 2 is 1.88 bits per heavy atom. The smallest absolute Gasteiger partial charge is 0.371 e. The Labute approximate surface area is 238 Å². The van der Waals surface area contributed by atoms with Crippen LogP contribution in [0.4, 0.5) is 13.2 Å². The van der Waals surface area contributed by atoms with Gasteiger partial charge in [0.15, 0.2) is 11.4 Å². The van der Waals surface area contributed by atoms with Crippen molar-refractivity contribution in [2.75, 3.05) is 27.2 Å². The van der Waals surface area contributed by atoms with Crippen LogP contribution in [0.1, 0.15) is 48.9 Å². The van der Waals surface area contributed by atoms with Gasteiger partial charge < -0.3 is 29.2 Å². The molecule has 4 atom stereocenters. The third-order valence-corrected chi connectivity index (χ3v) is 7.27. The van der Waals surface area contributed by atoms with E-state index in [-0.39, 0.29) is 31.6 Å². The van der Waals surface area contributed by atoms with Crippen molar-refractivity contribution in [2.45, 2.75) is 75.8 Å². The van der Waals surface area contributed by atoms with Crippen LogP contribution in [0, 0.1) is 11.3 Å². The molecule has 1 unspecified atom stereocenters. The predicted molar refractivity (Wildman–Crippen MR) is 143 cm³/mol. The van der Waals surface area contributed by atoms with Gasteiger partial charge >= 0.3 is 6.18 Å². The van der Waals surface area contributed by atoms with Crippen molar-refractivity contribution in [3.8, 4) is 6.07 Å². The standard InChI is InChI=1S/C30H36F3N3O5/c1-28(2)40-25-16-29(27(37)35-12-13-36(3)4,39-18-20-8-7-11-23(14-20)30(31,32)33)15-24(26(25)41-28)38-19-22-10-6-5-9-21(22)17-34/h5-11,14,24-26H,12-13,15-16,18-19H2,1-4H3,(H,35,37)/t24?,25-,26+,29-/m1/s1. The molecule has 0 radical (unpaired) electrons. The Morgan fingerprint density at radius 3 is 2.59 bits per heavy atom. The first-order valence-corrected chi connectivity index (χ1v) is 13.5. The summed E-state index contributed by atoms with van der Waals surface area (Å²) in [6.45, 7) is 4.34. The monoisotopic (exact) mass is 575 g/mol. The molecule has 1 N–H and O–H groups in total. The molecule has 1 saturated carbocycles. The summed E-state index contributed by atoms with van der Waals surface area (Å²) in [5.41, 5.74) is -0.825. The van der Waals surface area contributed by atoms with E-state index in [1.54, 1.807) is 32.0 Å². The van der Waals surface area contributed by atoms with Gasteiger partial charge in [0.05, 0.1) is 42.6 Å². The third kappa shape index (κ3) is 7.64. The van der Waals surface area contributed by atoms with E-state index in [0.717, 1.165) is 12.1 Å². The summed E-state index contributed by atoms with van der Waals surface area (Å²) >= 11 is 0. The molecule has 1 saturated heterocycles. The highest BCUT2D eigenvalue weighted by Crippen LogP contribution is 2.44. The topological polar surface area (TPSA) is 93.1 Å². The predicted octanol–water partition coefficient (Wildman–Crippen LogP) is 4.41. The molecule has 4 rings (SSSR count). The van der Waals surface area contributed by atoms with Crippen molar-refractivity contribution in [3.63, 3.8) is 0 Å². The molecule has 11 heteroatoms. The van der Waals surface area contributed by atoms with Crippen LogP contribution in [0.5, 0.6) is 0 Å². The van der Waals surface area contributed by atoms with Crippen molar-refractivity contribution in [1.82, 2.24) is 10.2 Å². The van der Waals surface area contributed by atoms with Crippen molar-refractivity contribution in [1.29, 1.82) is 5.26 Å². The average molecular weight is 576 g/mol. The summed E-state index contributed by atoms with van der Waals surface area (Å²) in [6, 6.07) is 14.1. The SMILES string of the molecule is CN(C)CCNC(=O)[C@@]1(OCc2cccc(C(F)(F)F)c2)CC(OCc2ccccc2C#N)[C@@H]2OC(C)(C)O[C@@H]2C1. The highest BCUT2D eigenvalue weighted by Gasteiger charge is 2.58. The van der Waals surface area contributed by atoms with Gasteiger partial charge in [0.2, 0.25) is 0 Å². The van der Waals surface area contributed by atoms with Crippen LogP contribution in [-0.4, -0.2) is 67.7 Å². The van der Waals surface area contributed by atoms with Gasteiger partial charge in [0, 0.05) is 25.9 Å². The second kappa shape index (κ2) is 12.5. The molecule has 0 aromatic heterocycles. The van der Waals surface area contributed by atoms with Gasteiger partial charge in [-0.2, -0.15) is 18.4 Å². The summed E-state index contributed by atoms with van der Waals surface area (Å²) in [7, 11) is 3.76. The Hall–Kier alpha value is -3.01. The molecule has 1 aliphatic carbocycles. The number of rotatable bonds is 10. The van der Waals surface area contributed by atoms with E-state index in [0.29, 0.717) is 24.2 Å². The van der Waals surface area contributed by atoms with E-state index in [2.05, 4.69) is 11.4 Å². The van der Waals surface area contributed by atoms with E-state index in [1.165, 1.54) is 12.1 Å². The minimum Gasteiger partial charge on any atom is -0.371 e. The molecule has 1 heterocycles. The lowest BCUT2D eigenvalue weighted by molar-refractivity contribution is -0.183. The fraction of sp³-hybridized carbons (Fsp3) is 0.533. The zero-order valence-corrected chi connectivity index (χ0v) is 23.7. The summed E-state index contributed by atoms with van der Waals surface area (Å²) < 4.78 is 65.0. The number of amides is 1. The first-order valence-electron chi connectivity index (χ1n) is 13.5. The third-order valence-electron chi connectivity index (χ3n) is 7.27. The number of fused-ring (bicyclic) bond motifs is 1. The number of alkyl halides is 3. The minimum absolute atomic E-state index is 0.0785. The number of nitrogens with zero attached hydrogens (tertiary/aromatic N) is 2. The van der Waals surface area contributed by atoms with Crippen LogP contribution in [0.2, 0.25) is 0 Å². The summed E-state index contributed by atoms with van der Waals surface area (Å²) in [4.78, 5) is 15.7. The van der Waals surface area contributed by atoms with E-state index in [9.17, 15) is 23.2 Å². The number of likely N-dealkylation sites (N-methyl/N-ethyl adjacent to an activating group) is 1. The molecule has 8 nitrogen and oxygen atoms in total. The van der Waals surface area contributed by atoms with Crippen molar-refractivity contribution < 1.29 is 36.9 Å². The van der Waals surface area contributed by atoms with Crippen LogP contribution in [0.3, 0.4) is 0 Å². The second-order valence-corrected chi connectivity index (χ2v) is 11.2. The molecule has 0 bridgehead atoms. The van der Waals surface area contributed by atoms with Crippen LogP contribution in [0.15, 0.2) is 48.5 Å². The first kappa shape index (κ1) is 30.9. The summed E-state index contributed by atoms with van der Waals surface area (Å²) in [5.74, 6) is -1.34. The van der Waals surface area contributed by atoms with Gasteiger partial charge in [-0.1, -0.05) is 30.3 Å². The van der Waals surface area contributed by atoms with Gasteiger partial charge in [0.1, 0.15) is 6.10 Å². The molecule has 1 amide bonds. The van der Waals surface area contributed by atoms with Crippen molar-refractivity contribution in [2.24, 2.45) is 0 Å². The molecule has 1 aliphatic heterocycles. The largest absolute Gasteiger partial charge is 0.416 e. The van der Waals surface area contributed by atoms with Gasteiger partial charge in [-0.15, -0.1) is 0 Å². The number of halogens is 3. The maximum absolute atomic E-state index is 13.8. The molecule has 222 valence electrons. The zero-order chi connectivity index (χ0) is 29.8. The molecule has 2 aliphatic rings. The highest BCUT2D eigenvalue weighted by atomic mass is 19.4. The van der Waals surface area contributed by atoms with E-state index < -0.39 is 47.3 Å². The molecule has 41 heavy (non-hydrogen) atoms. The number of hydrogen-bond acceptors (Lipinski definition) is 7. The van der Waals surface area contributed by atoms with Gasteiger partial charge in [-0.05, 0) is 57.3 Å². The van der Waals surface area contributed by atoms with Crippen LogP contribution in [-0.2, 0) is 43.1 Å². The summed E-state index contributed by atoms with van der Waals surface area (Å²) in [6.07, 6.45) is -6.05. The van der Waals surface area contributed by atoms with Crippen LogP contribution >= 0.6 is 0 Å². The fourth-order valence-corrected chi connectivity index (χ4v) is 5.27. The van der Waals surface area contributed by atoms with Gasteiger partial charge in [-0.3, -0.25) is 4.79 Å². The maximum Gasteiger partial charge on any atom is 0.416 e. The Morgan fingerprint density at radius 1 is 1.12 bits per heavy atom. The van der Waals surface area contributed by atoms with Gasteiger partial charge in [-0.25, -0.2) is 0 Å². The Balaban J connectivity index is 1.62. The van der Waals surface area contributed by atoms with Gasteiger partial charge in [0.25, 0.3) is 5.91 Å². The van der Waals surface area contributed by atoms with Crippen molar-refractivity contribution >= 4 is 5.91 Å². The highest BCUT2D eigenvalue weighted by molar-refractivity contribution is 5.85. The molecule has 2 aromatic carbocycles. The lowest BCUT2D eigenvalue weighted by Gasteiger charge is -2.43. The Kier molecular flexibility index (Phi) is 9.41. The van der Waals surface area contributed by atoms with E-state index in [1.807, 2.05) is 25.1 Å². The normalized spacial score (nSPS) is 25.5. The number of hydrogen-bond donors (Lipinski definition) is 1. The second-order valence-electron chi connectivity index (χ2n) is 11.2. The molecule has 2 aromatic rings. The molecular weight excluding hydrogens is 539 g/mol. The first-order chi connectivity index (χ1) is 19.3. The van der Waals surface area contributed by atoms with Crippen molar-refractivity contribution in [3.05, 3.63) is 70.8 Å². The zero-order valence-electron chi connectivity index (χ0n) is 23.7. The number of carbonyl (C=O) groups is 1. The average Bonchev–Trinajstić information content (AvgIpc) is 3.23. The molecular formula is C30H36F3N3O5. The minimum atomic E-state index is -4.51. The van der Waals surface area contributed by atoms with E-state index in [4.69, 9.17) is 18.9 Å². The maximum atomic E-state index is 13.8. The molecule has 0 spiro atoms. The van der Waals surface area contributed by atoms with Crippen LogP contribution < -0.4 is 5.32 Å². The number of nitrogens with one attached hydrogen (secondary N) is 1. The molecule has 2 fully saturated rings.